The second-order valence-corrected chi connectivity index (χ2v) is 10.9. The topological polar surface area (TPSA) is 69.4 Å². The van der Waals surface area contributed by atoms with Gasteiger partial charge in [-0.2, -0.15) is 5.10 Å². The van der Waals surface area contributed by atoms with Crippen molar-refractivity contribution in [3.8, 4) is 28.3 Å². The molecule has 192 valence electrons. The summed E-state index contributed by atoms with van der Waals surface area (Å²) >= 11 is 9.61. The number of hydrogen-bond acceptors (Lipinski definition) is 5. The van der Waals surface area contributed by atoms with Crippen molar-refractivity contribution in [1.82, 2.24) is 14.8 Å². The van der Waals surface area contributed by atoms with Crippen LogP contribution in [-0.4, -0.2) is 39.7 Å². The van der Waals surface area contributed by atoms with Crippen LogP contribution in [0.25, 0.3) is 33.3 Å². The fourth-order valence-corrected chi connectivity index (χ4v) is 5.74. The molecule has 1 aliphatic rings. The monoisotopic (exact) mass is 589 g/mol. The molecule has 38 heavy (non-hydrogen) atoms. The van der Waals surface area contributed by atoms with Crippen molar-refractivity contribution in [3.05, 3.63) is 99.6 Å². The average Bonchev–Trinajstić information content (AvgIpc) is 3.49. The van der Waals surface area contributed by atoms with Gasteiger partial charge in [0.05, 0.1) is 43.1 Å². The molecule has 2 atom stereocenters. The van der Waals surface area contributed by atoms with Gasteiger partial charge in [0.2, 0.25) is 5.88 Å². The highest BCUT2D eigenvalue weighted by molar-refractivity contribution is 9.10. The van der Waals surface area contributed by atoms with Gasteiger partial charge in [-0.1, -0.05) is 63.9 Å². The van der Waals surface area contributed by atoms with Gasteiger partial charge >= 0.3 is 0 Å². The Morgan fingerprint density at radius 2 is 1.87 bits per heavy atom. The first-order chi connectivity index (χ1) is 18.4. The van der Waals surface area contributed by atoms with Gasteiger partial charge in [-0.15, -0.1) is 0 Å². The van der Waals surface area contributed by atoms with Gasteiger partial charge in [0, 0.05) is 32.2 Å². The van der Waals surface area contributed by atoms with Crippen molar-refractivity contribution in [1.29, 1.82) is 0 Å². The highest BCUT2D eigenvalue weighted by Crippen LogP contribution is 2.55. The quantitative estimate of drug-likeness (QED) is 0.225. The molecule has 6 nitrogen and oxygen atoms in total. The molecule has 1 aliphatic carbocycles. The number of aromatic nitrogens is 3. The van der Waals surface area contributed by atoms with Crippen LogP contribution in [-0.2, 0) is 16.9 Å². The molecule has 0 spiro atoms. The van der Waals surface area contributed by atoms with Gasteiger partial charge in [-0.25, -0.2) is 4.98 Å². The van der Waals surface area contributed by atoms with E-state index in [1.807, 2.05) is 67.7 Å². The lowest BCUT2D eigenvalue weighted by atomic mass is 9.93. The van der Waals surface area contributed by atoms with Crippen LogP contribution in [0.4, 0.5) is 0 Å². The van der Waals surface area contributed by atoms with Crippen LogP contribution in [0.15, 0.2) is 83.5 Å². The molecule has 0 amide bonds. The number of nitrogens with zero attached hydrogens (tertiary/aromatic N) is 3. The summed E-state index contributed by atoms with van der Waals surface area (Å²) in [6.07, 6.45) is 1.07. The zero-order valence-corrected chi connectivity index (χ0v) is 23.2. The zero-order chi connectivity index (χ0) is 26.4. The number of ether oxygens (including phenoxy) is 2. The summed E-state index contributed by atoms with van der Waals surface area (Å²) < 4.78 is 15.1. The van der Waals surface area contributed by atoms with Crippen molar-refractivity contribution >= 4 is 38.4 Å². The summed E-state index contributed by atoms with van der Waals surface area (Å²) in [5.74, 6) is 0.516. The number of benzene rings is 3. The van der Waals surface area contributed by atoms with Crippen molar-refractivity contribution in [2.24, 2.45) is 0 Å². The van der Waals surface area contributed by atoms with E-state index >= 15 is 0 Å². The first kappa shape index (κ1) is 25.1. The third kappa shape index (κ3) is 4.29. The lowest BCUT2D eigenvalue weighted by Gasteiger charge is -2.30. The molecule has 8 heteroatoms. The fraction of sp³-hybridized carbons (Fsp3) is 0.200. The minimum absolute atomic E-state index is 0.0973. The summed E-state index contributed by atoms with van der Waals surface area (Å²) in [5, 5.41) is 17.3. The maximum absolute atomic E-state index is 11.0. The van der Waals surface area contributed by atoms with Gasteiger partial charge in [0.15, 0.2) is 0 Å². The van der Waals surface area contributed by atoms with E-state index in [4.69, 9.17) is 26.1 Å². The lowest BCUT2D eigenvalue weighted by molar-refractivity contribution is -0.0535. The fourth-order valence-electron chi connectivity index (χ4n) is 5.25. The van der Waals surface area contributed by atoms with E-state index in [9.17, 15) is 5.11 Å². The third-order valence-corrected chi connectivity index (χ3v) is 7.78. The van der Waals surface area contributed by atoms with Gasteiger partial charge in [-0.05, 0) is 54.4 Å². The summed E-state index contributed by atoms with van der Waals surface area (Å²) in [5.41, 5.74) is 5.75. The van der Waals surface area contributed by atoms with Crippen LogP contribution in [0, 0.1) is 0 Å². The van der Waals surface area contributed by atoms with Crippen molar-refractivity contribution in [2.75, 3.05) is 13.7 Å². The molecule has 3 aromatic carbocycles. The van der Waals surface area contributed by atoms with Gasteiger partial charge < -0.3 is 14.6 Å². The molecular weight excluding hydrogens is 566 g/mol. The van der Waals surface area contributed by atoms with E-state index < -0.39 is 11.7 Å². The van der Waals surface area contributed by atoms with Gasteiger partial charge in [0.1, 0.15) is 5.60 Å². The normalized spacial score (nSPS) is 16.9. The van der Waals surface area contributed by atoms with Crippen molar-refractivity contribution in [3.63, 3.8) is 0 Å². The van der Waals surface area contributed by atoms with Crippen LogP contribution < -0.4 is 4.74 Å². The number of aliphatic hydroxyl groups is 1. The predicted octanol–water partition coefficient (Wildman–Crippen LogP) is 6.84. The predicted molar refractivity (Wildman–Crippen MR) is 153 cm³/mol. The van der Waals surface area contributed by atoms with E-state index in [0.717, 1.165) is 48.9 Å². The third-order valence-electron chi connectivity index (χ3n) is 7.04. The summed E-state index contributed by atoms with van der Waals surface area (Å²) in [6.45, 7) is 2.41. The Kier molecular flexibility index (Phi) is 6.48. The van der Waals surface area contributed by atoms with E-state index in [1.165, 1.54) is 0 Å². The molecule has 0 fully saturated rings. The van der Waals surface area contributed by atoms with Crippen molar-refractivity contribution < 1.29 is 14.6 Å². The van der Waals surface area contributed by atoms with Gasteiger partial charge in [0.25, 0.3) is 0 Å². The van der Waals surface area contributed by atoms with E-state index in [-0.39, 0.29) is 13.2 Å². The number of fused-ring (bicyclic) bond motifs is 5. The minimum Gasteiger partial charge on any atom is -0.481 e. The Morgan fingerprint density at radius 1 is 1.08 bits per heavy atom. The first-order valence-corrected chi connectivity index (χ1v) is 13.4. The van der Waals surface area contributed by atoms with Crippen LogP contribution in [0.5, 0.6) is 5.88 Å². The number of hydrogen-bond donors (Lipinski definition) is 1. The zero-order valence-electron chi connectivity index (χ0n) is 20.9. The Bertz CT molecular complexity index is 1650. The Balaban J connectivity index is 1.30. The molecule has 2 unspecified atom stereocenters. The highest BCUT2D eigenvalue weighted by Gasteiger charge is 2.45. The minimum atomic E-state index is -0.861. The van der Waals surface area contributed by atoms with Crippen LogP contribution in [0.1, 0.15) is 18.1 Å². The standard InChI is InChI=1S/C30H25BrClN3O3/c1-30(38-17-21(36)16-35-14-13-25(34-35)18-7-10-20(32)11-8-18)24-6-4-3-5-22(24)27-23-15-19(31)9-12-26(23)33-29(37-2)28(27)30/h3-15,21,36H,16-17H2,1-2H3. The average molecular weight is 591 g/mol. The van der Waals surface area contributed by atoms with Crippen LogP contribution in [0.3, 0.4) is 0 Å². The maximum atomic E-state index is 11.0. The Labute approximate surface area is 233 Å². The molecule has 0 bridgehead atoms. The second-order valence-electron chi connectivity index (χ2n) is 9.51. The van der Waals surface area contributed by atoms with E-state index in [0.29, 0.717) is 10.9 Å². The lowest BCUT2D eigenvalue weighted by Crippen LogP contribution is -2.32. The number of aliphatic hydroxyl groups excluding tert-OH is 1. The summed E-state index contributed by atoms with van der Waals surface area (Å²) in [4.78, 5) is 4.81. The van der Waals surface area contributed by atoms with E-state index in [2.05, 4.69) is 39.2 Å². The largest absolute Gasteiger partial charge is 0.481 e. The number of pyridine rings is 1. The molecular formula is C30H25BrClN3O3. The Morgan fingerprint density at radius 3 is 2.66 bits per heavy atom. The molecule has 5 aromatic rings. The van der Waals surface area contributed by atoms with Crippen LogP contribution in [0.2, 0.25) is 5.02 Å². The number of rotatable bonds is 7. The first-order valence-electron chi connectivity index (χ1n) is 12.3. The Hall–Kier alpha value is -3.23. The SMILES string of the molecule is COc1nc2ccc(Br)cc2c2c1C(C)(OCC(O)Cn1ccc(-c3ccc(Cl)cc3)n1)c1ccccc1-2. The molecule has 2 heterocycles. The highest BCUT2D eigenvalue weighted by atomic mass is 79.9. The van der Waals surface area contributed by atoms with E-state index in [1.54, 1.807) is 11.8 Å². The molecule has 6 rings (SSSR count). The van der Waals surface area contributed by atoms with Crippen molar-refractivity contribution in [2.45, 2.75) is 25.2 Å². The molecule has 2 aromatic heterocycles. The molecule has 0 radical (unpaired) electrons. The summed E-state index contributed by atoms with van der Waals surface area (Å²) in [6, 6.07) is 23.7. The number of halogens is 2. The molecule has 0 aliphatic heterocycles. The molecule has 0 saturated carbocycles. The second kappa shape index (κ2) is 9.82. The van der Waals surface area contributed by atoms with Crippen LogP contribution >= 0.6 is 27.5 Å². The smallest absolute Gasteiger partial charge is 0.220 e. The maximum Gasteiger partial charge on any atom is 0.220 e. The summed E-state index contributed by atoms with van der Waals surface area (Å²) in [7, 11) is 1.63. The number of methoxy groups -OCH3 is 1. The molecule has 1 N–H and O–H groups in total. The van der Waals surface area contributed by atoms with Gasteiger partial charge in [-0.3, -0.25) is 4.68 Å². The molecule has 0 saturated heterocycles.